The molecule has 3 saturated heterocycles. The van der Waals surface area contributed by atoms with Gasteiger partial charge in [-0.1, -0.05) is 0 Å². The molecule has 3 aliphatic heterocycles. The minimum Gasteiger partial charge on any atom is -0.496 e. The number of anilines is 1. The molecular formula is C40H47N7O7. The van der Waals surface area contributed by atoms with Crippen molar-refractivity contribution < 1.29 is 28.6 Å². The number of carbonyl (C=O) groups excluding carboxylic acids is 3. The molecule has 14 heteroatoms. The van der Waals surface area contributed by atoms with Crippen molar-refractivity contribution in [2.75, 3.05) is 78.6 Å². The van der Waals surface area contributed by atoms with Crippen LogP contribution in [0, 0.1) is 5.92 Å². The quantitative estimate of drug-likeness (QED) is 0.256. The predicted octanol–water partition coefficient (Wildman–Crippen LogP) is 3.74. The number of fused-ring (bicyclic) bond motifs is 1. The Morgan fingerprint density at radius 3 is 2.19 bits per heavy atom. The summed E-state index contributed by atoms with van der Waals surface area (Å²) in [4.78, 5) is 63.0. The highest BCUT2D eigenvalue weighted by Crippen LogP contribution is 2.38. The summed E-state index contributed by atoms with van der Waals surface area (Å²) in [7, 11) is 6.62. The molecule has 4 amide bonds. The van der Waals surface area contributed by atoms with Gasteiger partial charge in [-0.15, -0.1) is 0 Å². The van der Waals surface area contributed by atoms with E-state index in [4.69, 9.17) is 14.2 Å². The molecule has 0 aliphatic carbocycles. The van der Waals surface area contributed by atoms with Gasteiger partial charge in [0.2, 0.25) is 5.91 Å². The number of carbonyl (C=O) groups is 3. The van der Waals surface area contributed by atoms with Crippen LogP contribution < -0.4 is 30.0 Å². The van der Waals surface area contributed by atoms with E-state index >= 15 is 0 Å². The molecule has 1 N–H and O–H groups in total. The zero-order chi connectivity index (χ0) is 37.9. The Balaban J connectivity index is 0.942. The van der Waals surface area contributed by atoms with Gasteiger partial charge in [-0.25, -0.2) is 4.79 Å². The molecule has 14 nitrogen and oxygen atoms in total. The summed E-state index contributed by atoms with van der Waals surface area (Å²) in [6, 6.07) is 10.5. The van der Waals surface area contributed by atoms with Crippen LogP contribution in [0.5, 0.6) is 17.2 Å². The number of imide groups is 1. The van der Waals surface area contributed by atoms with Gasteiger partial charge in [-0.3, -0.25) is 34.5 Å². The SMILES string of the molecule is COc1ccc(C(=O)N2CCC(CN3CCN(Cc4c(OC)cc(-c5cn(C)c(=O)c6cnccc56)cc4OC)CC3)CC2)cc1N1CCC(=O)NC1=O. The van der Waals surface area contributed by atoms with Crippen molar-refractivity contribution in [3.63, 3.8) is 0 Å². The van der Waals surface area contributed by atoms with Crippen LogP contribution in [0.1, 0.15) is 35.2 Å². The number of hydrogen-bond acceptors (Lipinski definition) is 10. The number of aromatic nitrogens is 2. The highest BCUT2D eigenvalue weighted by Gasteiger charge is 2.30. The topological polar surface area (TPSA) is 139 Å². The van der Waals surface area contributed by atoms with Gasteiger partial charge in [0.25, 0.3) is 11.5 Å². The molecule has 0 radical (unpaired) electrons. The van der Waals surface area contributed by atoms with Crippen molar-refractivity contribution in [2.45, 2.75) is 25.8 Å². The summed E-state index contributed by atoms with van der Waals surface area (Å²) < 4.78 is 18.9. The largest absolute Gasteiger partial charge is 0.496 e. The molecule has 2 aromatic carbocycles. The molecule has 7 rings (SSSR count). The van der Waals surface area contributed by atoms with Gasteiger partial charge in [0, 0.05) is 102 Å². The van der Waals surface area contributed by atoms with E-state index in [-0.39, 0.29) is 30.3 Å². The number of piperidine rings is 1. The number of ether oxygens (including phenoxy) is 3. The molecule has 3 fully saturated rings. The smallest absolute Gasteiger partial charge is 0.328 e. The number of likely N-dealkylation sites (tertiary alicyclic amines) is 1. The number of benzene rings is 2. The first-order valence-corrected chi connectivity index (χ1v) is 18.4. The van der Waals surface area contributed by atoms with Crippen LogP contribution >= 0.6 is 0 Å². The maximum atomic E-state index is 13.6. The summed E-state index contributed by atoms with van der Waals surface area (Å²) in [6.45, 7) is 6.97. The average Bonchev–Trinajstić information content (AvgIpc) is 3.20. The number of aryl methyl sites for hydroxylation is 1. The van der Waals surface area contributed by atoms with E-state index in [0.29, 0.717) is 47.9 Å². The number of urea groups is 1. The first-order valence-electron chi connectivity index (χ1n) is 18.4. The molecule has 0 atom stereocenters. The van der Waals surface area contributed by atoms with Gasteiger partial charge >= 0.3 is 6.03 Å². The highest BCUT2D eigenvalue weighted by molar-refractivity contribution is 6.07. The van der Waals surface area contributed by atoms with Gasteiger partial charge < -0.3 is 28.6 Å². The normalized spacial score (nSPS) is 17.5. The van der Waals surface area contributed by atoms with Crippen molar-refractivity contribution in [1.82, 2.24) is 29.6 Å². The molecule has 0 saturated carbocycles. The van der Waals surface area contributed by atoms with E-state index in [1.54, 1.807) is 56.4 Å². The van der Waals surface area contributed by atoms with E-state index in [1.807, 2.05) is 29.3 Å². The molecule has 0 spiro atoms. The fourth-order valence-corrected chi connectivity index (χ4v) is 7.88. The number of rotatable bonds is 10. The molecule has 4 aromatic rings. The van der Waals surface area contributed by atoms with Gasteiger partial charge in [-0.2, -0.15) is 0 Å². The number of pyridine rings is 2. The Morgan fingerprint density at radius 1 is 0.833 bits per heavy atom. The third-order valence-corrected chi connectivity index (χ3v) is 10.9. The van der Waals surface area contributed by atoms with Crippen LogP contribution in [0.25, 0.3) is 21.9 Å². The highest BCUT2D eigenvalue weighted by atomic mass is 16.5. The van der Waals surface area contributed by atoms with Crippen LogP contribution in [-0.4, -0.2) is 116 Å². The molecule has 3 aliphatic rings. The molecule has 0 bridgehead atoms. The minimum absolute atomic E-state index is 0.0710. The second-order valence-electron chi connectivity index (χ2n) is 14.2. The summed E-state index contributed by atoms with van der Waals surface area (Å²) >= 11 is 0. The van der Waals surface area contributed by atoms with Gasteiger partial charge in [-0.05, 0) is 66.1 Å². The van der Waals surface area contributed by atoms with Crippen LogP contribution in [0.4, 0.5) is 10.5 Å². The average molecular weight is 738 g/mol. The lowest BCUT2D eigenvalue weighted by Gasteiger charge is -2.39. The lowest BCUT2D eigenvalue weighted by Crippen LogP contribution is -2.49. The predicted molar refractivity (Wildman–Crippen MR) is 204 cm³/mol. The van der Waals surface area contributed by atoms with Crippen molar-refractivity contribution >= 4 is 34.3 Å². The van der Waals surface area contributed by atoms with E-state index in [2.05, 4.69) is 20.1 Å². The number of methoxy groups -OCH3 is 3. The monoisotopic (exact) mass is 737 g/mol. The van der Waals surface area contributed by atoms with Crippen LogP contribution in [0.15, 0.2) is 59.8 Å². The zero-order valence-corrected chi connectivity index (χ0v) is 31.3. The second-order valence-corrected chi connectivity index (χ2v) is 14.2. The molecule has 0 unspecified atom stereocenters. The summed E-state index contributed by atoms with van der Waals surface area (Å²) in [5.41, 5.74) is 3.66. The minimum atomic E-state index is -0.518. The Bertz CT molecular complexity index is 2090. The number of piperazine rings is 1. The van der Waals surface area contributed by atoms with E-state index < -0.39 is 6.03 Å². The van der Waals surface area contributed by atoms with Crippen LogP contribution in [-0.2, 0) is 18.4 Å². The van der Waals surface area contributed by atoms with Crippen molar-refractivity contribution in [3.05, 3.63) is 76.5 Å². The summed E-state index contributed by atoms with van der Waals surface area (Å²) in [5.74, 6) is 2.06. The van der Waals surface area contributed by atoms with Gasteiger partial charge in [0.05, 0.1) is 38.0 Å². The van der Waals surface area contributed by atoms with E-state index in [0.717, 1.165) is 79.1 Å². The van der Waals surface area contributed by atoms with Crippen molar-refractivity contribution in [1.29, 1.82) is 0 Å². The Labute approximate surface area is 314 Å². The zero-order valence-electron chi connectivity index (χ0n) is 31.3. The third-order valence-electron chi connectivity index (χ3n) is 10.9. The third kappa shape index (κ3) is 7.48. The first kappa shape index (κ1) is 36.9. The standard InChI is InChI=1S/C40H47N7O7/c1-43-24-31(29-7-11-41-22-30(29)39(43)50)28-20-35(53-3)32(36(21-28)54-4)25-45-17-15-44(16-18-45)23-26-8-12-46(13-9-26)38(49)27-5-6-34(52-2)33(19-27)47-14-10-37(48)42-40(47)51/h5-7,11,19-22,24,26H,8-10,12-18,23,25H2,1-4H3,(H,42,48,51). The fraction of sp³-hybridized carbons (Fsp3) is 0.425. The molecule has 5 heterocycles. The number of nitrogens with one attached hydrogen (secondary N) is 1. The second kappa shape index (κ2) is 15.9. The van der Waals surface area contributed by atoms with Gasteiger partial charge in [0.1, 0.15) is 17.2 Å². The lowest BCUT2D eigenvalue weighted by molar-refractivity contribution is -0.120. The summed E-state index contributed by atoms with van der Waals surface area (Å²) in [6.07, 6.45) is 7.19. The number of nitrogens with zero attached hydrogens (tertiary/aromatic N) is 6. The molecule has 2 aromatic heterocycles. The fourth-order valence-electron chi connectivity index (χ4n) is 7.88. The molecular weight excluding hydrogens is 690 g/mol. The molecule has 54 heavy (non-hydrogen) atoms. The maximum absolute atomic E-state index is 13.6. The van der Waals surface area contributed by atoms with Crippen molar-refractivity contribution in [2.24, 2.45) is 13.0 Å². The lowest BCUT2D eigenvalue weighted by atomic mass is 9.95. The Hall–Kier alpha value is -5.47. The van der Waals surface area contributed by atoms with Crippen LogP contribution in [0.3, 0.4) is 0 Å². The number of amides is 4. The van der Waals surface area contributed by atoms with E-state index in [1.165, 1.54) is 12.0 Å². The van der Waals surface area contributed by atoms with Gasteiger partial charge in [0.15, 0.2) is 0 Å². The Kier molecular flexibility index (Phi) is 10.8. The van der Waals surface area contributed by atoms with E-state index in [9.17, 15) is 19.2 Å². The maximum Gasteiger partial charge on any atom is 0.328 e. The summed E-state index contributed by atoms with van der Waals surface area (Å²) in [5, 5.41) is 3.73. The van der Waals surface area contributed by atoms with Crippen molar-refractivity contribution in [3.8, 4) is 28.4 Å². The number of hydrogen-bond donors (Lipinski definition) is 1. The molecule has 284 valence electrons. The first-order chi connectivity index (χ1) is 26.2. The Morgan fingerprint density at radius 2 is 1.52 bits per heavy atom. The van der Waals surface area contributed by atoms with Crippen LogP contribution in [0.2, 0.25) is 0 Å².